The van der Waals surface area contributed by atoms with Crippen molar-refractivity contribution >= 4 is 5.91 Å². The van der Waals surface area contributed by atoms with Gasteiger partial charge >= 0.3 is 6.18 Å². The average molecular weight is 435 g/mol. The first kappa shape index (κ1) is 21.5. The first-order valence-corrected chi connectivity index (χ1v) is 10.4. The van der Waals surface area contributed by atoms with E-state index in [9.17, 15) is 23.1 Å². The van der Waals surface area contributed by atoms with E-state index in [0.717, 1.165) is 37.9 Å². The van der Waals surface area contributed by atoms with Crippen molar-refractivity contribution in [1.29, 1.82) is 0 Å². The first-order valence-electron chi connectivity index (χ1n) is 10.4. The van der Waals surface area contributed by atoms with Crippen LogP contribution in [0.2, 0.25) is 0 Å². The first-order chi connectivity index (χ1) is 14.8. The molecule has 2 fully saturated rings. The van der Waals surface area contributed by atoms with Gasteiger partial charge in [-0.25, -0.2) is 0 Å². The maximum absolute atomic E-state index is 13.0. The third kappa shape index (κ3) is 5.15. The fourth-order valence-electron chi connectivity index (χ4n) is 3.86. The van der Waals surface area contributed by atoms with Gasteiger partial charge in [0.2, 0.25) is 5.91 Å². The lowest BCUT2D eigenvalue weighted by atomic mass is 9.92. The smallest absolute Gasteiger partial charge is 0.433 e. The Morgan fingerprint density at radius 2 is 2.00 bits per heavy atom. The number of aliphatic hydroxyl groups excluding tert-OH is 1. The zero-order valence-electron chi connectivity index (χ0n) is 16.9. The van der Waals surface area contributed by atoms with Gasteiger partial charge in [0.05, 0.1) is 18.6 Å². The van der Waals surface area contributed by atoms with Crippen LogP contribution in [-0.2, 0) is 17.4 Å². The predicted octanol–water partition coefficient (Wildman–Crippen LogP) is 3.69. The quantitative estimate of drug-likeness (QED) is 0.749. The molecule has 0 aromatic carbocycles. The molecular weight excluding hydrogens is 411 g/mol. The van der Waals surface area contributed by atoms with Crippen molar-refractivity contribution in [2.24, 2.45) is 0 Å². The summed E-state index contributed by atoms with van der Waals surface area (Å²) in [6.07, 6.45) is 3.11. The fourth-order valence-corrected chi connectivity index (χ4v) is 3.86. The molecule has 1 aliphatic heterocycles. The van der Waals surface area contributed by atoms with Gasteiger partial charge in [0, 0.05) is 30.7 Å². The van der Waals surface area contributed by atoms with Crippen LogP contribution in [0.1, 0.15) is 55.0 Å². The van der Waals surface area contributed by atoms with Crippen LogP contribution in [0.3, 0.4) is 0 Å². The van der Waals surface area contributed by atoms with Gasteiger partial charge in [-0.15, -0.1) is 0 Å². The Morgan fingerprint density at radius 3 is 2.68 bits per heavy atom. The molecule has 1 N–H and O–H groups in total. The minimum absolute atomic E-state index is 0.0766. The van der Waals surface area contributed by atoms with Gasteiger partial charge in [0.1, 0.15) is 17.5 Å². The van der Waals surface area contributed by atoms with Crippen LogP contribution < -0.4 is 4.74 Å². The highest BCUT2D eigenvalue weighted by Crippen LogP contribution is 2.36. The molecule has 31 heavy (non-hydrogen) atoms. The zero-order valence-corrected chi connectivity index (χ0v) is 16.9. The third-order valence-electron chi connectivity index (χ3n) is 5.65. The zero-order chi connectivity index (χ0) is 22.0. The van der Waals surface area contributed by atoms with Crippen LogP contribution in [0.15, 0.2) is 36.8 Å². The summed E-state index contributed by atoms with van der Waals surface area (Å²) in [7, 11) is 0. The maximum atomic E-state index is 13.0. The summed E-state index contributed by atoms with van der Waals surface area (Å²) in [5.41, 5.74) is -0.0408. The Labute approximate surface area is 178 Å². The molecule has 2 aliphatic rings. The predicted molar refractivity (Wildman–Crippen MR) is 105 cm³/mol. The highest BCUT2D eigenvalue weighted by molar-refractivity contribution is 5.79. The molecule has 2 aromatic rings. The number of aliphatic hydroxyl groups is 1. The number of carbonyl (C=O) groups is 1. The second kappa shape index (κ2) is 8.82. The fraction of sp³-hybridized carbons (Fsp3) is 0.500. The number of pyridine rings is 2. The van der Waals surface area contributed by atoms with Gasteiger partial charge in [0.15, 0.2) is 0 Å². The normalized spacial score (nSPS) is 20.4. The van der Waals surface area contributed by atoms with E-state index in [-0.39, 0.29) is 18.4 Å². The largest absolute Gasteiger partial charge is 0.490 e. The highest BCUT2D eigenvalue weighted by Gasteiger charge is 2.36. The number of carbonyl (C=O) groups excluding carboxylic acids is 1. The molecule has 2 aromatic heterocycles. The summed E-state index contributed by atoms with van der Waals surface area (Å²) in [5.74, 6) is 0.328. The van der Waals surface area contributed by atoms with E-state index in [1.807, 2.05) is 0 Å². The van der Waals surface area contributed by atoms with Gasteiger partial charge in [-0.2, -0.15) is 13.2 Å². The van der Waals surface area contributed by atoms with E-state index in [2.05, 4.69) is 9.97 Å². The molecule has 3 heterocycles. The maximum Gasteiger partial charge on any atom is 0.433 e. The third-order valence-corrected chi connectivity index (χ3v) is 5.65. The lowest BCUT2D eigenvalue weighted by Gasteiger charge is -2.39. The van der Waals surface area contributed by atoms with Crippen molar-refractivity contribution < 1.29 is 27.8 Å². The summed E-state index contributed by atoms with van der Waals surface area (Å²) < 4.78 is 44.0. The molecule has 0 bridgehead atoms. The minimum Gasteiger partial charge on any atom is -0.490 e. The molecular formula is C22H24F3N3O3. The Hall–Kier alpha value is -2.68. The van der Waals surface area contributed by atoms with Crippen molar-refractivity contribution in [1.82, 2.24) is 14.9 Å². The van der Waals surface area contributed by atoms with Crippen molar-refractivity contribution in [3.8, 4) is 5.75 Å². The number of halogens is 3. The summed E-state index contributed by atoms with van der Waals surface area (Å²) in [6.45, 7) is 0.480. The molecule has 1 aliphatic carbocycles. The van der Waals surface area contributed by atoms with Gasteiger partial charge in [0.25, 0.3) is 0 Å². The second-order valence-corrected chi connectivity index (χ2v) is 8.05. The van der Waals surface area contributed by atoms with Crippen LogP contribution in [0.5, 0.6) is 5.75 Å². The van der Waals surface area contributed by atoms with Crippen molar-refractivity contribution in [3.05, 3.63) is 53.6 Å². The van der Waals surface area contributed by atoms with E-state index >= 15 is 0 Å². The summed E-state index contributed by atoms with van der Waals surface area (Å²) in [4.78, 5) is 22.1. The van der Waals surface area contributed by atoms with Crippen molar-refractivity contribution in [3.63, 3.8) is 0 Å². The van der Waals surface area contributed by atoms with E-state index < -0.39 is 24.0 Å². The number of nitrogens with zero attached hydrogens (tertiary/aromatic N) is 3. The van der Waals surface area contributed by atoms with Gasteiger partial charge < -0.3 is 14.7 Å². The SMILES string of the molecule is O=C(Cc1ccc(C(F)(F)F)nc1)N1CCCC[C@@H]1[C@@H](O)c1cnccc1OC1CC1. The molecule has 1 saturated heterocycles. The van der Waals surface area contributed by atoms with Gasteiger partial charge in [-0.05, 0) is 49.8 Å². The highest BCUT2D eigenvalue weighted by atomic mass is 19.4. The number of hydrogen-bond acceptors (Lipinski definition) is 5. The number of ether oxygens (including phenoxy) is 1. The average Bonchev–Trinajstić information content (AvgIpc) is 3.57. The van der Waals surface area contributed by atoms with Crippen molar-refractivity contribution in [2.45, 2.75) is 63.0 Å². The topological polar surface area (TPSA) is 75.6 Å². The summed E-state index contributed by atoms with van der Waals surface area (Å²) >= 11 is 0. The summed E-state index contributed by atoms with van der Waals surface area (Å²) in [6, 6.07) is 3.42. The standard InChI is InChI=1S/C22H24F3N3O3/c23-22(24,25)19-7-4-14(12-27-19)11-20(29)28-10-2-1-3-17(28)21(30)16-13-26-9-8-18(16)31-15-5-6-15/h4,7-9,12-13,15,17,21,30H,1-3,5-6,10-11H2/t17-,21+/m1/s1. The van der Waals surface area contributed by atoms with Crippen LogP contribution in [-0.4, -0.2) is 44.6 Å². The van der Waals surface area contributed by atoms with Crippen LogP contribution >= 0.6 is 0 Å². The lowest BCUT2D eigenvalue weighted by molar-refractivity contribution is -0.141. The van der Waals surface area contributed by atoms with Crippen LogP contribution in [0.4, 0.5) is 13.2 Å². The number of hydrogen-bond donors (Lipinski definition) is 1. The Bertz CT molecular complexity index is 916. The van der Waals surface area contributed by atoms with Crippen LogP contribution in [0, 0.1) is 0 Å². The number of aromatic nitrogens is 2. The molecule has 0 unspecified atom stereocenters. The molecule has 9 heteroatoms. The van der Waals surface area contributed by atoms with E-state index in [0.29, 0.717) is 29.8 Å². The Morgan fingerprint density at radius 1 is 1.19 bits per heavy atom. The van der Waals surface area contributed by atoms with E-state index in [1.54, 1.807) is 23.4 Å². The second-order valence-electron chi connectivity index (χ2n) is 8.05. The molecule has 4 rings (SSSR count). The lowest BCUT2D eigenvalue weighted by Crippen LogP contribution is -2.47. The number of likely N-dealkylation sites (tertiary alicyclic amines) is 1. The number of rotatable bonds is 6. The Kier molecular flexibility index (Phi) is 6.13. The number of alkyl halides is 3. The molecule has 6 nitrogen and oxygen atoms in total. The van der Waals surface area contributed by atoms with Gasteiger partial charge in [-0.1, -0.05) is 6.07 Å². The number of piperidine rings is 1. The van der Waals surface area contributed by atoms with Crippen molar-refractivity contribution in [2.75, 3.05) is 6.54 Å². The van der Waals surface area contributed by atoms with Gasteiger partial charge in [-0.3, -0.25) is 14.8 Å². The molecule has 0 radical (unpaired) electrons. The Balaban J connectivity index is 1.49. The molecule has 166 valence electrons. The summed E-state index contributed by atoms with van der Waals surface area (Å²) in [5, 5.41) is 11.1. The molecule has 2 atom stereocenters. The number of amides is 1. The van der Waals surface area contributed by atoms with E-state index in [1.165, 1.54) is 6.07 Å². The minimum atomic E-state index is -4.52. The monoisotopic (exact) mass is 435 g/mol. The van der Waals surface area contributed by atoms with Crippen LogP contribution in [0.25, 0.3) is 0 Å². The molecule has 1 amide bonds. The van der Waals surface area contributed by atoms with E-state index in [4.69, 9.17) is 4.74 Å². The molecule has 0 spiro atoms. The molecule has 1 saturated carbocycles.